The van der Waals surface area contributed by atoms with Crippen molar-refractivity contribution in [1.82, 2.24) is 0 Å². The molecule has 1 aliphatic rings. The van der Waals surface area contributed by atoms with Gasteiger partial charge >= 0.3 is 0 Å². The van der Waals surface area contributed by atoms with Crippen molar-refractivity contribution in [3.05, 3.63) is 69.8 Å². The summed E-state index contributed by atoms with van der Waals surface area (Å²) in [6.45, 7) is 6.45. The molecule has 110 valence electrons. The predicted molar refractivity (Wildman–Crippen MR) is 87.6 cm³/mol. The first kappa shape index (κ1) is 14.3. The van der Waals surface area contributed by atoms with Gasteiger partial charge in [0.2, 0.25) is 0 Å². The van der Waals surface area contributed by atoms with E-state index in [9.17, 15) is 5.11 Å². The first-order valence-electron chi connectivity index (χ1n) is 7.87. The largest absolute Gasteiger partial charge is 0.385 e. The zero-order chi connectivity index (χ0) is 15.0. The van der Waals surface area contributed by atoms with Crippen LogP contribution in [-0.2, 0) is 18.4 Å². The zero-order valence-electron chi connectivity index (χ0n) is 13.2. The van der Waals surface area contributed by atoms with Gasteiger partial charge in [-0.15, -0.1) is 0 Å². The van der Waals surface area contributed by atoms with Crippen LogP contribution < -0.4 is 0 Å². The van der Waals surface area contributed by atoms with Gasteiger partial charge in [0, 0.05) is 6.42 Å². The van der Waals surface area contributed by atoms with E-state index >= 15 is 0 Å². The van der Waals surface area contributed by atoms with Gasteiger partial charge in [-0.1, -0.05) is 42.0 Å². The minimum atomic E-state index is -0.709. The van der Waals surface area contributed by atoms with Crippen molar-refractivity contribution in [2.24, 2.45) is 0 Å². The molecular formula is C20H24O. The van der Waals surface area contributed by atoms with E-state index in [1.807, 2.05) is 6.07 Å². The van der Waals surface area contributed by atoms with Gasteiger partial charge in [-0.25, -0.2) is 0 Å². The Labute approximate surface area is 127 Å². The molecular weight excluding hydrogens is 256 g/mol. The van der Waals surface area contributed by atoms with Gasteiger partial charge in [0.1, 0.15) is 0 Å². The van der Waals surface area contributed by atoms with E-state index in [-0.39, 0.29) is 0 Å². The van der Waals surface area contributed by atoms with Crippen molar-refractivity contribution >= 4 is 0 Å². The molecule has 0 saturated carbocycles. The minimum absolute atomic E-state index is 0.709. The van der Waals surface area contributed by atoms with Crippen LogP contribution in [0.4, 0.5) is 0 Å². The van der Waals surface area contributed by atoms with E-state index in [4.69, 9.17) is 0 Å². The van der Waals surface area contributed by atoms with Gasteiger partial charge in [-0.2, -0.15) is 0 Å². The third-order valence-electron chi connectivity index (χ3n) is 4.86. The average molecular weight is 280 g/mol. The van der Waals surface area contributed by atoms with E-state index in [0.717, 1.165) is 31.2 Å². The highest BCUT2D eigenvalue weighted by Gasteiger charge is 2.34. The summed E-state index contributed by atoms with van der Waals surface area (Å²) in [6, 6.07) is 12.8. The minimum Gasteiger partial charge on any atom is -0.385 e. The standard InChI is InChI=1S/C20H24O/c1-14-11-15(2)18(16(3)12-14)13-20(21)10-6-8-17-7-4-5-9-19(17)20/h4-5,7,9,11-12,21H,6,8,10,13H2,1-3H3. The molecule has 2 aromatic rings. The van der Waals surface area contributed by atoms with Gasteiger partial charge in [0.25, 0.3) is 0 Å². The van der Waals surface area contributed by atoms with E-state index in [1.165, 1.54) is 27.8 Å². The smallest absolute Gasteiger partial charge is 0.0939 e. The quantitative estimate of drug-likeness (QED) is 0.865. The van der Waals surface area contributed by atoms with E-state index in [0.29, 0.717) is 0 Å². The van der Waals surface area contributed by atoms with E-state index < -0.39 is 5.60 Å². The van der Waals surface area contributed by atoms with Gasteiger partial charge in [-0.3, -0.25) is 0 Å². The number of aryl methyl sites for hydroxylation is 4. The maximum Gasteiger partial charge on any atom is 0.0939 e. The Morgan fingerprint density at radius 1 is 1.05 bits per heavy atom. The highest BCUT2D eigenvalue weighted by atomic mass is 16.3. The normalized spacial score (nSPS) is 21.1. The summed E-state index contributed by atoms with van der Waals surface area (Å²) < 4.78 is 0. The molecule has 21 heavy (non-hydrogen) atoms. The van der Waals surface area contributed by atoms with Crippen molar-refractivity contribution in [3.63, 3.8) is 0 Å². The second kappa shape index (κ2) is 5.31. The number of aliphatic hydroxyl groups is 1. The molecule has 1 aliphatic carbocycles. The third-order valence-corrected chi connectivity index (χ3v) is 4.86. The molecule has 0 heterocycles. The second-order valence-corrected chi connectivity index (χ2v) is 6.60. The summed E-state index contributed by atoms with van der Waals surface area (Å²) in [5.41, 5.74) is 6.93. The van der Waals surface area contributed by atoms with Crippen molar-refractivity contribution in [3.8, 4) is 0 Å². The van der Waals surface area contributed by atoms with E-state index in [2.05, 4.69) is 51.1 Å². The first-order valence-corrected chi connectivity index (χ1v) is 7.87. The van der Waals surface area contributed by atoms with Crippen LogP contribution in [0.1, 0.15) is 46.2 Å². The molecule has 0 spiro atoms. The van der Waals surface area contributed by atoms with Crippen molar-refractivity contribution in [1.29, 1.82) is 0 Å². The molecule has 1 unspecified atom stereocenters. The maximum atomic E-state index is 11.3. The van der Waals surface area contributed by atoms with Crippen LogP contribution in [0, 0.1) is 20.8 Å². The molecule has 0 aromatic heterocycles. The molecule has 3 rings (SSSR count). The van der Waals surface area contributed by atoms with Crippen LogP contribution >= 0.6 is 0 Å². The highest BCUT2D eigenvalue weighted by Crippen LogP contribution is 2.39. The van der Waals surface area contributed by atoms with Crippen LogP contribution in [0.3, 0.4) is 0 Å². The summed E-state index contributed by atoms with van der Waals surface area (Å²) >= 11 is 0. The van der Waals surface area contributed by atoms with E-state index in [1.54, 1.807) is 0 Å². The molecule has 0 bridgehead atoms. The van der Waals surface area contributed by atoms with Crippen LogP contribution in [-0.4, -0.2) is 5.11 Å². The molecule has 0 saturated heterocycles. The molecule has 0 fully saturated rings. The first-order chi connectivity index (χ1) is 9.99. The summed E-state index contributed by atoms with van der Waals surface area (Å²) in [7, 11) is 0. The fraction of sp³-hybridized carbons (Fsp3) is 0.400. The Morgan fingerprint density at radius 3 is 2.43 bits per heavy atom. The van der Waals surface area contributed by atoms with Gasteiger partial charge in [0.15, 0.2) is 0 Å². The Bertz CT molecular complexity index is 648. The fourth-order valence-corrected chi connectivity index (χ4v) is 3.86. The van der Waals surface area contributed by atoms with Gasteiger partial charge < -0.3 is 5.11 Å². The number of benzene rings is 2. The Morgan fingerprint density at radius 2 is 1.71 bits per heavy atom. The van der Waals surface area contributed by atoms with Crippen molar-refractivity contribution in [2.75, 3.05) is 0 Å². The SMILES string of the molecule is Cc1cc(C)c(CC2(O)CCCc3ccccc32)c(C)c1. The maximum absolute atomic E-state index is 11.3. The predicted octanol–water partition coefficient (Wildman–Crippen LogP) is 4.38. The Kier molecular flexibility index (Phi) is 3.62. The van der Waals surface area contributed by atoms with Gasteiger partial charge in [0.05, 0.1) is 5.60 Å². The number of rotatable bonds is 2. The Hall–Kier alpha value is -1.60. The van der Waals surface area contributed by atoms with Crippen molar-refractivity contribution in [2.45, 2.75) is 52.1 Å². The molecule has 0 amide bonds. The second-order valence-electron chi connectivity index (χ2n) is 6.60. The number of hydrogen-bond donors (Lipinski definition) is 1. The summed E-state index contributed by atoms with van der Waals surface area (Å²) in [5.74, 6) is 0. The van der Waals surface area contributed by atoms with Crippen molar-refractivity contribution < 1.29 is 5.11 Å². The molecule has 1 heteroatoms. The molecule has 2 aromatic carbocycles. The number of hydrogen-bond acceptors (Lipinski definition) is 1. The fourth-order valence-electron chi connectivity index (χ4n) is 3.86. The highest BCUT2D eigenvalue weighted by molar-refractivity contribution is 5.42. The van der Waals surface area contributed by atoms with Crippen LogP contribution in [0.2, 0.25) is 0 Å². The molecule has 0 radical (unpaired) electrons. The summed E-state index contributed by atoms with van der Waals surface area (Å²) in [6.07, 6.45) is 3.74. The lowest BCUT2D eigenvalue weighted by Crippen LogP contribution is -2.33. The lowest BCUT2D eigenvalue weighted by atomic mass is 9.74. The lowest BCUT2D eigenvalue weighted by molar-refractivity contribution is 0.0187. The zero-order valence-corrected chi connectivity index (χ0v) is 13.2. The van der Waals surface area contributed by atoms with Crippen LogP contribution in [0.15, 0.2) is 36.4 Å². The van der Waals surface area contributed by atoms with Crippen LogP contribution in [0.5, 0.6) is 0 Å². The van der Waals surface area contributed by atoms with Gasteiger partial charge in [-0.05, 0) is 67.9 Å². The average Bonchev–Trinajstić information content (AvgIpc) is 2.44. The molecule has 1 atom stereocenters. The van der Waals surface area contributed by atoms with Crippen LogP contribution in [0.25, 0.3) is 0 Å². The number of fused-ring (bicyclic) bond motifs is 1. The lowest BCUT2D eigenvalue weighted by Gasteiger charge is -2.35. The monoisotopic (exact) mass is 280 g/mol. The molecule has 1 nitrogen and oxygen atoms in total. The summed E-state index contributed by atoms with van der Waals surface area (Å²) in [5, 5.41) is 11.3. The molecule has 1 N–H and O–H groups in total. The molecule has 0 aliphatic heterocycles. The third kappa shape index (κ3) is 2.63. The summed E-state index contributed by atoms with van der Waals surface area (Å²) in [4.78, 5) is 0. The Balaban J connectivity index is 2.03. The topological polar surface area (TPSA) is 20.2 Å².